The minimum absolute atomic E-state index is 0.00346. The summed E-state index contributed by atoms with van der Waals surface area (Å²) in [4.78, 5) is 12.4. The molecule has 6 heteroatoms. The molecule has 0 radical (unpaired) electrons. The van der Waals surface area contributed by atoms with Crippen molar-refractivity contribution in [2.45, 2.75) is 39.7 Å². The minimum Gasteiger partial charge on any atom is -0.326 e. The van der Waals surface area contributed by atoms with Gasteiger partial charge in [-0.1, -0.05) is 19.1 Å². The topological polar surface area (TPSA) is 75.6 Å². The smallest absolute Gasteiger partial charge is 0.224 e. The Morgan fingerprint density at radius 1 is 1.32 bits per heavy atom. The summed E-state index contributed by atoms with van der Waals surface area (Å²) in [5.74, 6) is 0.120. The highest BCUT2D eigenvalue weighted by molar-refractivity contribution is 5.91. The van der Waals surface area contributed by atoms with Gasteiger partial charge in [-0.3, -0.25) is 14.6 Å². The Morgan fingerprint density at radius 2 is 2.16 bits per heavy atom. The first-order valence-electron chi connectivity index (χ1n) is 8.40. The van der Waals surface area contributed by atoms with Gasteiger partial charge in [-0.05, 0) is 49.1 Å². The van der Waals surface area contributed by atoms with Crippen molar-refractivity contribution in [1.82, 2.24) is 20.0 Å². The third-order valence-electron chi connectivity index (χ3n) is 4.28. The van der Waals surface area contributed by atoms with E-state index in [1.54, 1.807) is 6.20 Å². The van der Waals surface area contributed by atoms with E-state index in [9.17, 15) is 4.79 Å². The first kappa shape index (κ1) is 17.0. The molecule has 3 aromatic rings. The molecule has 0 aliphatic carbocycles. The average Bonchev–Trinajstić information content (AvgIpc) is 3.17. The van der Waals surface area contributed by atoms with Crippen LogP contribution in [0.3, 0.4) is 0 Å². The summed E-state index contributed by atoms with van der Waals surface area (Å²) in [6.45, 7) is 6.69. The fourth-order valence-corrected chi connectivity index (χ4v) is 3.21. The van der Waals surface area contributed by atoms with Crippen LogP contribution in [0.1, 0.15) is 41.8 Å². The molecule has 2 N–H and O–H groups in total. The number of aromatic nitrogens is 4. The van der Waals surface area contributed by atoms with Gasteiger partial charge in [0.25, 0.3) is 0 Å². The second kappa shape index (κ2) is 7.34. The number of aryl methyl sites for hydroxylation is 2. The number of rotatable bonds is 6. The van der Waals surface area contributed by atoms with Crippen LogP contribution in [-0.2, 0) is 11.3 Å². The van der Waals surface area contributed by atoms with Gasteiger partial charge in [0.05, 0.1) is 12.2 Å². The Balaban J connectivity index is 1.63. The second-order valence-corrected chi connectivity index (χ2v) is 6.41. The first-order valence-corrected chi connectivity index (χ1v) is 8.40. The van der Waals surface area contributed by atoms with Gasteiger partial charge >= 0.3 is 0 Å². The van der Waals surface area contributed by atoms with E-state index in [2.05, 4.69) is 27.5 Å². The summed E-state index contributed by atoms with van der Waals surface area (Å²) in [5, 5.41) is 14.4. The Morgan fingerprint density at radius 3 is 2.84 bits per heavy atom. The summed E-state index contributed by atoms with van der Waals surface area (Å²) in [6.07, 6.45) is 4.10. The molecule has 1 aromatic carbocycles. The van der Waals surface area contributed by atoms with E-state index in [0.29, 0.717) is 13.0 Å². The maximum Gasteiger partial charge on any atom is 0.224 e. The van der Waals surface area contributed by atoms with E-state index in [0.717, 1.165) is 28.2 Å². The van der Waals surface area contributed by atoms with Gasteiger partial charge in [0.2, 0.25) is 5.91 Å². The highest BCUT2D eigenvalue weighted by Crippen LogP contribution is 2.25. The molecule has 25 heavy (non-hydrogen) atoms. The normalized spacial score (nSPS) is 12.1. The highest BCUT2D eigenvalue weighted by atomic mass is 16.1. The molecule has 0 aliphatic rings. The van der Waals surface area contributed by atoms with Crippen molar-refractivity contribution < 1.29 is 4.79 Å². The number of nitrogens with one attached hydrogen (secondary N) is 2. The summed E-state index contributed by atoms with van der Waals surface area (Å²) in [5.41, 5.74) is 5.01. The maximum atomic E-state index is 12.4. The third kappa shape index (κ3) is 4.15. The Labute approximate surface area is 147 Å². The fraction of sp³-hybridized carbons (Fsp3) is 0.316. The van der Waals surface area contributed by atoms with Crippen LogP contribution in [0.2, 0.25) is 0 Å². The predicted molar refractivity (Wildman–Crippen MR) is 97.5 cm³/mol. The van der Waals surface area contributed by atoms with Crippen LogP contribution in [0.4, 0.5) is 5.69 Å². The lowest BCUT2D eigenvalue weighted by atomic mass is 9.95. The van der Waals surface area contributed by atoms with Gasteiger partial charge in [-0.2, -0.15) is 10.2 Å². The molecule has 0 unspecified atom stereocenters. The number of hydrogen-bond acceptors (Lipinski definition) is 3. The van der Waals surface area contributed by atoms with Gasteiger partial charge in [-0.25, -0.2) is 0 Å². The highest BCUT2D eigenvalue weighted by Gasteiger charge is 2.17. The lowest BCUT2D eigenvalue weighted by Crippen LogP contribution is -2.15. The van der Waals surface area contributed by atoms with Crippen molar-refractivity contribution >= 4 is 11.6 Å². The van der Waals surface area contributed by atoms with Crippen molar-refractivity contribution in [3.63, 3.8) is 0 Å². The monoisotopic (exact) mass is 337 g/mol. The van der Waals surface area contributed by atoms with Crippen LogP contribution in [-0.4, -0.2) is 25.9 Å². The van der Waals surface area contributed by atoms with Gasteiger partial charge in [0, 0.05) is 30.2 Å². The van der Waals surface area contributed by atoms with E-state index in [1.165, 1.54) is 0 Å². The van der Waals surface area contributed by atoms with Gasteiger partial charge < -0.3 is 5.32 Å². The van der Waals surface area contributed by atoms with Crippen LogP contribution in [0.5, 0.6) is 0 Å². The molecule has 0 saturated carbocycles. The molecule has 1 atom stereocenters. The van der Waals surface area contributed by atoms with Crippen molar-refractivity contribution in [3.05, 3.63) is 65.2 Å². The summed E-state index contributed by atoms with van der Waals surface area (Å²) in [7, 11) is 0. The van der Waals surface area contributed by atoms with Crippen molar-refractivity contribution in [2.24, 2.45) is 0 Å². The fourth-order valence-electron chi connectivity index (χ4n) is 3.21. The van der Waals surface area contributed by atoms with Crippen LogP contribution < -0.4 is 5.32 Å². The molecule has 6 nitrogen and oxygen atoms in total. The first-order chi connectivity index (χ1) is 12.0. The van der Waals surface area contributed by atoms with E-state index >= 15 is 0 Å². The van der Waals surface area contributed by atoms with Crippen molar-refractivity contribution in [1.29, 1.82) is 0 Å². The lowest BCUT2D eigenvalue weighted by molar-refractivity contribution is -0.116. The summed E-state index contributed by atoms with van der Waals surface area (Å²) in [6, 6.07) is 9.76. The SMILES string of the molecule is Cc1n[nH]c(C)c1[C@H](C)CC(=O)Nc1cccc(Cn2cccn2)c1. The number of hydrogen-bond donors (Lipinski definition) is 2. The molecule has 0 saturated heterocycles. The number of amides is 1. The molecular formula is C19H23N5O. The number of carbonyl (C=O) groups excluding carboxylic acids is 1. The van der Waals surface area contributed by atoms with Crippen LogP contribution >= 0.6 is 0 Å². The zero-order valence-electron chi connectivity index (χ0n) is 14.8. The zero-order chi connectivity index (χ0) is 17.8. The van der Waals surface area contributed by atoms with Crippen LogP contribution in [0.25, 0.3) is 0 Å². The number of anilines is 1. The molecule has 130 valence electrons. The van der Waals surface area contributed by atoms with E-state index in [-0.39, 0.29) is 11.8 Å². The quantitative estimate of drug-likeness (QED) is 0.724. The van der Waals surface area contributed by atoms with E-state index in [1.807, 2.05) is 55.1 Å². The molecular weight excluding hydrogens is 314 g/mol. The summed E-state index contributed by atoms with van der Waals surface area (Å²) >= 11 is 0. The number of H-pyrrole nitrogens is 1. The van der Waals surface area contributed by atoms with Crippen molar-refractivity contribution in [2.75, 3.05) is 5.32 Å². The molecule has 0 bridgehead atoms. The Kier molecular flexibility index (Phi) is 4.97. The standard InChI is InChI=1S/C19H23N5O/c1-13(19-14(2)22-23-15(19)3)10-18(25)21-17-7-4-6-16(11-17)12-24-9-5-8-20-24/h4-9,11,13H,10,12H2,1-3H3,(H,21,25)(H,22,23)/t13-/m1/s1. The number of nitrogens with zero attached hydrogens (tertiary/aromatic N) is 3. The van der Waals surface area contributed by atoms with E-state index in [4.69, 9.17) is 0 Å². The van der Waals surface area contributed by atoms with Gasteiger partial charge in [0.1, 0.15) is 0 Å². The molecule has 0 fully saturated rings. The molecule has 0 spiro atoms. The van der Waals surface area contributed by atoms with Crippen LogP contribution in [0, 0.1) is 13.8 Å². The maximum absolute atomic E-state index is 12.4. The lowest BCUT2D eigenvalue weighted by Gasteiger charge is -2.13. The molecule has 0 aliphatic heterocycles. The number of benzene rings is 1. The zero-order valence-corrected chi connectivity index (χ0v) is 14.8. The Hall–Kier alpha value is -2.89. The van der Waals surface area contributed by atoms with Crippen molar-refractivity contribution in [3.8, 4) is 0 Å². The van der Waals surface area contributed by atoms with Gasteiger partial charge in [-0.15, -0.1) is 0 Å². The average molecular weight is 337 g/mol. The van der Waals surface area contributed by atoms with Crippen LogP contribution in [0.15, 0.2) is 42.7 Å². The van der Waals surface area contributed by atoms with Gasteiger partial charge in [0.15, 0.2) is 0 Å². The second-order valence-electron chi connectivity index (χ2n) is 6.41. The molecule has 2 heterocycles. The third-order valence-corrected chi connectivity index (χ3v) is 4.28. The largest absolute Gasteiger partial charge is 0.326 e. The number of aromatic amines is 1. The minimum atomic E-state index is 0.00346. The summed E-state index contributed by atoms with van der Waals surface area (Å²) < 4.78 is 1.85. The Bertz CT molecular complexity index is 831. The molecule has 3 rings (SSSR count). The molecule has 2 aromatic heterocycles. The van der Waals surface area contributed by atoms with E-state index < -0.39 is 0 Å². The predicted octanol–water partition coefficient (Wildman–Crippen LogP) is 3.40. The number of carbonyl (C=O) groups is 1. The molecule has 1 amide bonds.